The van der Waals surface area contributed by atoms with E-state index in [2.05, 4.69) is 18.0 Å². The van der Waals surface area contributed by atoms with Gasteiger partial charge in [-0.25, -0.2) is 0 Å². The van der Waals surface area contributed by atoms with Crippen LogP contribution in [0, 0.1) is 5.92 Å². The Kier molecular flexibility index (Phi) is 5.01. The average molecular weight is 390 g/mol. The molecule has 2 aliphatic rings. The molecule has 0 amide bonds. The lowest BCUT2D eigenvalue weighted by molar-refractivity contribution is 0.260. The van der Waals surface area contributed by atoms with Gasteiger partial charge in [-0.2, -0.15) is 17.0 Å². The standard InChI is InChI=1S/C20H27N3O3S/c1-15-4-3-9-23(14-15)27(24,25)22-10-7-16(8-11-22)19-13-21-20-6-5-17(26-2)12-18(19)20/h5-7,12-13,15,21H,3-4,8-11,14H2,1-2H3/t15-/m0/s1. The van der Waals surface area contributed by atoms with Gasteiger partial charge in [0.1, 0.15) is 5.75 Å². The van der Waals surface area contributed by atoms with Gasteiger partial charge in [-0.05, 0) is 49.0 Å². The molecule has 0 spiro atoms. The van der Waals surface area contributed by atoms with E-state index in [1.165, 1.54) is 5.57 Å². The molecule has 2 aliphatic heterocycles. The molecule has 1 N–H and O–H groups in total. The van der Waals surface area contributed by atoms with Gasteiger partial charge in [-0.15, -0.1) is 0 Å². The Hall–Kier alpha value is -1.83. The van der Waals surface area contributed by atoms with Gasteiger partial charge in [0.15, 0.2) is 0 Å². The van der Waals surface area contributed by atoms with Crippen molar-refractivity contribution in [3.8, 4) is 5.75 Å². The number of aromatic amines is 1. The van der Waals surface area contributed by atoms with Crippen LogP contribution in [0.4, 0.5) is 0 Å². The van der Waals surface area contributed by atoms with Crippen LogP contribution in [0.25, 0.3) is 16.5 Å². The van der Waals surface area contributed by atoms with Crippen LogP contribution in [-0.2, 0) is 10.2 Å². The molecule has 1 fully saturated rings. The third-order valence-electron chi connectivity index (χ3n) is 5.68. The molecule has 3 heterocycles. The lowest BCUT2D eigenvalue weighted by Crippen LogP contribution is -2.48. The molecule has 27 heavy (non-hydrogen) atoms. The molecule has 1 saturated heterocycles. The average Bonchev–Trinajstić information content (AvgIpc) is 3.11. The summed E-state index contributed by atoms with van der Waals surface area (Å²) in [7, 11) is -1.70. The van der Waals surface area contributed by atoms with E-state index in [0.29, 0.717) is 38.5 Å². The fraction of sp³-hybridized carbons (Fsp3) is 0.500. The number of piperidine rings is 1. The first kappa shape index (κ1) is 18.5. The normalized spacial score (nSPS) is 22.7. The van der Waals surface area contributed by atoms with Gasteiger partial charge in [0.25, 0.3) is 10.2 Å². The predicted octanol–water partition coefficient (Wildman–Crippen LogP) is 3.24. The van der Waals surface area contributed by atoms with Crippen LogP contribution in [0.2, 0.25) is 0 Å². The molecule has 4 rings (SSSR count). The first-order chi connectivity index (χ1) is 13.0. The van der Waals surface area contributed by atoms with Gasteiger partial charge >= 0.3 is 0 Å². The van der Waals surface area contributed by atoms with Crippen molar-refractivity contribution in [3.63, 3.8) is 0 Å². The monoisotopic (exact) mass is 389 g/mol. The van der Waals surface area contributed by atoms with Gasteiger partial charge in [-0.3, -0.25) is 0 Å². The number of nitrogens with one attached hydrogen (secondary N) is 1. The van der Waals surface area contributed by atoms with Crippen molar-refractivity contribution in [1.29, 1.82) is 0 Å². The maximum absolute atomic E-state index is 13.0. The lowest BCUT2D eigenvalue weighted by atomic mass is 9.99. The van der Waals surface area contributed by atoms with Crippen molar-refractivity contribution in [2.75, 3.05) is 33.3 Å². The summed E-state index contributed by atoms with van der Waals surface area (Å²) in [5.74, 6) is 1.26. The smallest absolute Gasteiger partial charge is 0.282 e. The Morgan fingerprint density at radius 3 is 2.78 bits per heavy atom. The second-order valence-corrected chi connectivity index (χ2v) is 9.49. The minimum Gasteiger partial charge on any atom is -0.497 e. The third kappa shape index (κ3) is 3.51. The Labute approximate surface area is 161 Å². The first-order valence-corrected chi connectivity index (χ1v) is 11.0. The van der Waals surface area contributed by atoms with Gasteiger partial charge in [0, 0.05) is 48.8 Å². The van der Waals surface area contributed by atoms with Crippen LogP contribution in [0.15, 0.2) is 30.5 Å². The number of hydrogen-bond acceptors (Lipinski definition) is 3. The molecule has 0 radical (unpaired) electrons. The fourth-order valence-corrected chi connectivity index (χ4v) is 5.83. The number of ether oxygens (including phenoxy) is 1. The Bertz CT molecular complexity index is 964. The highest BCUT2D eigenvalue weighted by Crippen LogP contribution is 2.32. The zero-order valence-electron chi connectivity index (χ0n) is 15.9. The van der Waals surface area contributed by atoms with Gasteiger partial charge in [0.05, 0.1) is 7.11 Å². The largest absolute Gasteiger partial charge is 0.497 e. The van der Waals surface area contributed by atoms with E-state index >= 15 is 0 Å². The quantitative estimate of drug-likeness (QED) is 0.873. The number of methoxy groups -OCH3 is 1. The molecule has 1 aromatic carbocycles. The summed E-state index contributed by atoms with van der Waals surface area (Å²) in [5, 5.41) is 1.11. The van der Waals surface area contributed by atoms with Crippen molar-refractivity contribution in [3.05, 3.63) is 36.0 Å². The van der Waals surface area contributed by atoms with E-state index in [-0.39, 0.29) is 0 Å². The van der Waals surface area contributed by atoms with E-state index in [1.54, 1.807) is 15.7 Å². The van der Waals surface area contributed by atoms with Crippen molar-refractivity contribution in [2.24, 2.45) is 5.92 Å². The molecular weight excluding hydrogens is 362 g/mol. The predicted molar refractivity (Wildman–Crippen MR) is 108 cm³/mol. The summed E-state index contributed by atoms with van der Waals surface area (Å²) in [6.45, 7) is 4.36. The third-order valence-corrected chi connectivity index (χ3v) is 7.65. The SMILES string of the molecule is COc1ccc2[nH]cc(C3=CCN(S(=O)(=O)N4CCC[C@H](C)C4)CC3)c2c1. The summed E-state index contributed by atoms with van der Waals surface area (Å²) >= 11 is 0. The highest BCUT2D eigenvalue weighted by atomic mass is 32.2. The van der Waals surface area contributed by atoms with Crippen LogP contribution in [0.1, 0.15) is 31.7 Å². The second-order valence-electron chi connectivity index (χ2n) is 7.56. The molecule has 0 bridgehead atoms. The Morgan fingerprint density at radius 1 is 1.22 bits per heavy atom. The first-order valence-electron chi connectivity index (χ1n) is 9.59. The van der Waals surface area contributed by atoms with Crippen LogP contribution >= 0.6 is 0 Å². The Morgan fingerprint density at radius 2 is 2.07 bits per heavy atom. The van der Waals surface area contributed by atoms with E-state index in [0.717, 1.165) is 35.1 Å². The molecule has 1 atom stereocenters. The minimum atomic E-state index is -3.37. The topological polar surface area (TPSA) is 65.6 Å². The molecule has 1 aromatic heterocycles. The van der Waals surface area contributed by atoms with Crippen molar-refractivity contribution in [1.82, 2.24) is 13.6 Å². The number of hydrogen-bond donors (Lipinski definition) is 1. The van der Waals surface area contributed by atoms with Crippen molar-refractivity contribution < 1.29 is 13.2 Å². The van der Waals surface area contributed by atoms with Crippen molar-refractivity contribution in [2.45, 2.75) is 26.2 Å². The van der Waals surface area contributed by atoms with Crippen LogP contribution in [-0.4, -0.2) is 55.3 Å². The minimum absolute atomic E-state index is 0.430. The van der Waals surface area contributed by atoms with Crippen LogP contribution in [0.3, 0.4) is 0 Å². The van der Waals surface area contributed by atoms with E-state index in [1.807, 2.05) is 24.4 Å². The molecule has 7 heteroatoms. The Balaban J connectivity index is 1.55. The summed E-state index contributed by atoms with van der Waals surface area (Å²) < 4.78 is 34.6. The summed E-state index contributed by atoms with van der Waals surface area (Å²) in [4.78, 5) is 3.30. The summed E-state index contributed by atoms with van der Waals surface area (Å²) in [6.07, 6.45) is 6.84. The van der Waals surface area contributed by atoms with Crippen LogP contribution < -0.4 is 4.74 Å². The van der Waals surface area contributed by atoms with Crippen LogP contribution in [0.5, 0.6) is 5.75 Å². The summed E-state index contributed by atoms with van der Waals surface area (Å²) in [5.41, 5.74) is 3.38. The molecule has 2 aromatic rings. The van der Waals surface area contributed by atoms with Gasteiger partial charge < -0.3 is 9.72 Å². The maximum atomic E-state index is 13.0. The zero-order chi connectivity index (χ0) is 19.0. The van der Waals surface area contributed by atoms with E-state index < -0.39 is 10.2 Å². The van der Waals surface area contributed by atoms with Gasteiger partial charge in [0.2, 0.25) is 0 Å². The molecule has 0 unspecified atom stereocenters. The van der Waals surface area contributed by atoms with E-state index in [4.69, 9.17) is 4.74 Å². The zero-order valence-corrected chi connectivity index (χ0v) is 16.8. The molecule has 6 nitrogen and oxygen atoms in total. The van der Waals surface area contributed by atoms with Crippen molar-refractivity contribution >= 4 is 26.7 Å². The molecule has 0 saturated carbocycles. The fourth-order valence-electron chi connectivity index (χ4n) is 4.12. The summed E-state index contributed by atoms with van der Waals surface area (Å²) in [6, 6.07) is 5.97. The number of benzene rings is 1. The highest BCUT2D eigenvalue weighted by Gasteiger charge is 2.33. The highest BCUT2D eigenvalue weighted by molar-refractivity contribution is 7.86. The van der Waals surface area contributed by atoms with E-state index in [9.17, 15) is 8.42 Å². The maximum Gasteiger partial charge on any atom is 0.282 e. The number of rotatable bonds is 4. The molecule has 146 valence electrons. The number of fused-ring (bicyclic) bond motifs is 1. The molecular formula is C20H27N3O3S. The number of aromatic nitrogens is 1. The second kappa shape index (κ2) is 7.30. The number of H-pyrrole nitrogens is 1. The van der Waals surface area contributed by atoms with Gasteiger partial charge in [-0.1, -0.05) is 13.0 Å². The molecule has 0 aliphatic carbocycles. The lowest BCUT2D eigenvalue weighted by Gasteiger charge is -2.35. The number of nitrogens with zero attached hydrogens (tertiary/aromatic N) is 2.